The van der Waals surface area contributed by atoms with Crippen molar-refractivity contribution in [3.63, 3.8) is 0 Å². The molecule has 76 valence electrons. The molecule has 0 aromatic rings. The van der Waals surface area contributed by atoms with Crippen LogP contribution >= 0.6 is 0 Å². The average molecular weight is 180 g/mol. The van der Waals surface area contributed by atoms with Gasteiger partial charge in [0.1, 0.15) is 0 Å². The molecule has 0 nitrogen and oxygen atoms in total. The molecule has 0 amide bonds. The topological polar surface area (TPSA) is 0 Å². The second kappa shape index (κ2) is 3.48. The van der Waals surface area contributed by atoms with Crippen LogP contribution in [0.4, 0.5) is 0 Å². The monoisotopic (exact) mass is 180 g/mol. The minimum absolute atomic E-state index is 0.523. The summed E-state index contributed by atoms with van der Waals surface area (Å²) in [7, 11) is 0. The van der Waals surface area contributed by atoms with Crippen LogP contribution in [0.5, 0.6) is 0 Å². The molecule has 1 fully saturated rings. The van der Waals surface area contributed by atoms with E-state index in [4.69, 9.17) is 0 Å². The number of allylic oxidation sites excluding steroid dienone is 2. The highest BCUT2D eigenvalue weighted by Gasteiger charge is 2.51. The fourth-order valence-electron chi connectivity index (χ4n) is 3.26. The third-order valence-electron chi connectivity index (χ3n) is 4.31. The van der Waals surface area contributed by atoms with E-state index in [1.54, 1.807) is 5.57 Å². The van der Waals surface area contributed by atoms with Crippen molar-refractivity contribution < 1.29 is 0 Å². The molecule has 0 bridgehead atoms. The van der Waals surface area contributed by atoms with Crippen LogP contribution in [-0.4, -0.2) is 0 Å². The van der Waals surface area contributed by atoms with Gasteiger partial charge in [-0.15, -0.1) is 0 Å². The van der Waals surface area contributed by atoms with Gasteiger partial charge in [0.05, 0.1) is 0 Å². The molecule has 3 atom stereocenters. The van der Waals surface area contributed by atoms with Gasteiger partial charge in [0.2, 0.25) is 0 Å². The van der Waals surface area contributed by atoms with Crippen molar-refractivity contribution in [1.29, 1.82) is 0 Å². The molecule has 0 radical (unpaired) electrons. The Morgan fingerprint density at radius 1 is 1.31 bits per heavy atom. The van der Waals surface area contributed by atoms with Crippen LogP contribution < -0.4 is 0 Å². The van der Waals surface area contributed by atoms with E-state index in [1.807, 2.05) is 0 Å². The van der Waals surface area contributed by atoms with Crippen LogP contribution in [-0.2, 0) is 0 Å². The predicted molar refractivity (Wildman–Crippen MR) is 59.6 cm³/mol. The second-order valence-electron chi connectivity index (χ2n) is 5.30. The summed E-state index contributed by atoms with van der Waals surface area (Å²) in [5, 5.41) is 0. The zero-order chi connectivity index (χ0) is 10.2. The highest BCUT2D eigenvalue weighted by atomic mass is 14.6. The Hall–Kier alpha value is -0.260. The maximum atomic E-state index is 2.41. The summed E-state index contributed by atoms with van der Waals surface area (Å²) in [4.78, 5) is 0. The summed E-state index contributed by atoms with van der Waals surface area (Å²) in [5.74, 6) is 2.57. The molecule has 0 saturated heterocycles. The van der Waals surface area contributed by atoms with E-state index in [0.29, 0.717) is 5.41 Å². The minimum atomic E-state index is 0.523. The summed E-state index contributed by atoms with van der Waals surface area (Å²) in [5.41, 5.74) is 2.13. The normalized spacial score (nSPS) is 38.6. The maximum absolute atomic E-state index is 2.41. The van der Waals surface area contributed by atoms with Gasteiger partial charge in [-0.1, -0.05) is 46.3 Å². The lowest BCUT2D eigenvalue weighted by Crippen LogP contribution is -2.51. The Labute approximate surface area is 83.4 Å². The highest BCUT2D eigenvalue weighted by Crippen LogP contribution is 2.58. The molecule has 3 unspecified atom stereocenters. The Kier molecular flexibility index (Phi) is 2.89. The zero-order valence-electron chi connectivity index (χ0n) is 10.0. The van der Waals surface area contributed by atoms with Gasteiger partial charge in [0.25, 0.3) is 0 Å². The van der Waals surface area contributed by atoms with Gasteiger partial charge < -0.3 is 0 Å². The van der Waals surface area contributed by atoms with Crippen molar-refractivity contribution >= 4 is 0 Å². The summed E-state index contributed by atoms with van der Waals surface area (Å²) >= 11 is 0. The van der Waals surface area contributed by atoms with Crippen LogP contribution in [0.3, 0.4) is 0 Å². The van der Waals surface area contributed by atoms with E-state index in [9.17, 15) is 0 Å². The first-order chi connectivity index (χ1) is 5.92. The van der Waals surface area contributed by atoms with E-state index in [0.717, 1.165) is 17.8 Å². The summed E-state index contributed by atoms with van der Waals surface area (Å²) < 4.78 is 0. The van der Waals surface area contributed by atoms with Gasteiger partial charge in [-0.3, -0.25) is 0 Å². The first kappa shape index (κ1) is 10.8. The first-order valence-corrected chi connectivity index (χ1v) is 5.59. The Morgan fingerprint density at radius 3 is 2.23 bits per heavy atom. The van der Waals surface area contributed by atoms with Crippen molar-refractivity contribution in [2.24, 2.45) is 23.2 Å². The number of hydrogen-bond donors (Lipinski definition) is 0. The van der Waals surface area contributed by atoms with E-state index in [-0.39, 0.29) is 0 Å². The smallest absolute Gasteiger partial charge is 0.0124 e. The molecule has 0 aromatic carbocycles. The molecular formula is C13H24. The van der Waals surface area contributed by atoms with Gasteiger partial charge in [0, 0.05) is 0 Å². The van der Waals surface area contributed by atoms with Crippen LogP contribution in [0.15, 0.2) is 11.6 Å². The number of rotatable bonds is 2. The van der Waals surface area contributed by atoms with E-state index < -0.39 is 0 Å². The predicted octanol–water partition coefficient (Wildman–Crippen LogP) is 4.27. The van der Waals surface area contributed by atoms with Gasteiger partial charge >= 0.3 is 0 Å². The van der Waals surface area contributed by atoms with E-state index in [1.165, 1.54) is 6.42 Å². The zero-order valence-corrected chi connectivity index (χ0v) is 10.0. The van der Waals surface area contributed by atoms with E-state index >= 15 is 0 Å². The van der Waals surface area contributed by atoms with E-state index in [2.05, 4.69) is 47.6 Å². The highest BCUT2D eigenvalue weighted by molar-refractivity contribution is 5.16. The van der Waals surface area contributed by atoms with Crippen molar-refractivity contribution in [3.05, 3.63) is 11.6 Å². The molecule has 1 aliphatic rings. The minimum Gasteiger partial charge on any atom is -0.0856 e. The van der Waals surface area contributed by atoms with Gasteiger partial charge in [-0.2, -0.15) is 0 Å². The molecule has 1 saturated carbocycles. The standard InChI is InChI=1S/C13H24/c1-7-8-9(2)12-10(3)11(4)13(12,5)6/h8,10-12H,7H2,1-6H3. The van der Waals surface area contributed by atoms with Crippen LogP contribution in [0.2, 0.25) is 0 Å². The first-order valence-electron chi connectivity index (χ1n) is 5.59. The van der Waals surface area contributed by atoms with Crippen molar-refractivity contribution in [2.75, 3.05) is 0 Å². The summed E-state index contributed by atoms with van der Waals surface area (Å²) in [6.45, 7) is 14.1. The Balaban J connectivity index is 2.77. The second-order valence-corrected chi connectivity index (χ2v) is 5.30. The van der Waals surface area contributed by atoms with Gasteiger partial charge in [0.15, 0.2) is 0 Å². The molecule has 0 heteroatoms. The third kappa shape index (κ3) is 1.56. The maximum Gasteiger partial charge on any atom is -0.0124 e. The molecular weight excluding hydrogens is 156 g/mol. The molecule has 13 heavy (non-hydrogen) atoms. The molecule has 1 aliphatic carbocycles. The fourth-order valence-corrected chi connectivity index (χ4v) is 3.26. The van der Waals surface area contributed by atoms with Crippen LogP contribution in [0.25, 0.3) is 0 Å². The van der Waals surface area contributed by atoms with Crippen molar-refractivity contribution in [2.45, 2.75) is 48.0 Å². The molecule has 0 aliphatic heterocycles. The lowest BCUT2D eigenvalue weighted by Gasteiger charge is -2.57. The lowest BCUT2D eigenvalue weighted by atomic mass is 9.47. The van der Waals surface area contributed by atoms with Crippen LogP contribution in [0, 0.1) is 23.2 Å². The Morgan fingerprint density at radius 2 is 1.85 bits per heavy atom. The van der Waals surface area contributed by atoms with Gasteiger partial charge in [-0.25, -0.2) is 0 Å². The largest absolute Gasteiger partial charge is 0.0856 e. The van der Waals surface area contributed by atoms with Crippen LogP contribution in [0.1, 0.15) is 48.0 Å². The summed E-state index contributed by atoms with van der Waals surface area (Å²) in [6, 6.07) is 0. The molecule has 0 N–H and O–H groups in total. The molecule has 0 heterocycles. The lowest BCUT2D eigenvalue weighted by molar-refractivity contribution is -0.0532. The quantitative estimate of drug-likeness (QED) is 0.557. The molecule has 0 aromatic heterocycles. The fraction of sp³-hybridized carbons (Fsp3) is 0.846. The third-order valence-corrected chi connectivity index (χ3v) is 4.31. The SMILES string of the molecule is CCC=C(C)C1C(C)C(C)C1(C)C. The molecule has 0 spiro atoms. The average Bonchev–Trinajstić information content (AvgIpc) is 2.03. The Bertz CT molecular complexity index is 210. The summed E-state index contributed by atoms with van der Waals surface area (Å²) in [6.07, 6.45) is 3.58. The van der Waals surface area contributed by atoms with Crippen molar-refractivity contribution in [3.8, 4) is 0 Å². The number of hydrogen-bond acceptors (Lipinski definition) is 0. The van der Waals surface area contributed by atoms with Gasteiger partial charge in [-0.05, 0) is 36.5 Å². The van der Waals surface area contributed by atoms with Crippen molar-refractivity contribution in [1.82, 2.24) is 0 Å². The molecule has 1 rings (SSSR count).